The molecule has 104 valence electrons. The minimum absolute atomic E-state index is 0.234. The number of rotatable bonds is 3. The zero-order chi connectivity index (χ0) is 14.0. The number of aliphatic carboxylic acids is 1. The van der Waals surface area contributed by atoms with Gasteiger partial charge in [-0.3, -0.25) is 9.69 Å². The van der Waals surface area contributed by atoms with Gasteiger partial charge in [0, 0.05) is 6.54 Å². The van der Waals surface area contributed by atoms with Crippen molar-refractivity contribution in [2.24, 2.45) is 5.92 Å². The Balaban J connectivity index is 2.15. The molecule has 0 aliphatic carbocycles. The summed E-state index contributed by atoms with van der Waals surface area (Å²) in [6.45, 7) is 7.87. The van der Waals surface area contributed by atoms with Crippen molar-refractivity contribution < 1.29 is 9.90 Å². The van der Waals surface area contributed by atoms with E-state index in [2.05, 4.69) is 36.9 Å². The normalized spacial score (nSPS) is 24.4. The van der Waals surface area contributed by atoms with Crippen LogP contribution in [0.3, 0.4) is 0 Å². The second-order valence-electron chi connectivity index (χ2n) is 5.79. The largest absolute Gasteiger partial charge is 0.480 e. The van der Waals surface area contributed by atoms with Gasteiger partial charge in [-0.1, -0.05) is 25.1 Å². The molecule has 2 atom stereocenters. The summed E-state index contributed by atoms with van der Waals surface area (Å²) in [5.41, 5.74) is 3.77. The van der Waals surface area contributed by atoms with E-state index in [0.717, 1.165) is 25.9 Å². The molecular weight excluding hydrogens is 238 g/mol. The predicted octanol–water partition coefficient (Wildman–Crippen LogP) is 2.99. The molecule has 1 aromatic carbocycles. The number of carboxylic acid groups (broad SMARTS) is 1. The second-order valence-corrected chi connectivity index (χ2v) is 5.79. The molecule has 3 nitrogen and oxygen atoms in total. The molecule has 0 amide bonds. The number of nitrogens with zero attached hydrogens (tertiary/aromatic N) is 1. The van der Waals surface area contributed by atoms with Gasteiger partial charge < -0.3 is 5.11 Å². The molecular formula is C16H23NO2. The zero-order valence-corrected chi connectivity index (χ0v) is 12.0. The van der Waals surface area contributed by atoms with Gasteiger partial charge in [0.2, 0.25) is 0 Å². The highest BCUT2D eigenvalue weighted by atomic mass is 16.4. The van der Waals surface area contributed by atoms with Crippen molar-refractivity contribution >= 4 is 5.97 Å². The van der Waals surface area contributed by atoms with Crippen molar-refractivity contribution in [1.82, 2.24) is 4.90 Å². The summed E-state index contributed by atoms with van der Waals surface area (Å²) in [5, 5.41) is 9.41. The Morgan fingerprint density at radius 1 is 1.37 bits per heavy atom. The summed E-state index contributed by atoms with van der Waals surface area (Å²) in [6.07, 6.45) is 2.11. The molecule has 0 saturated carbocycles. The van der Waals surface area contributed by atoms with E-state index in [-0.39, 0.29) is 12.0 Å². The van der Waals surface area contributed by atoms with Crippen molar-refractivity contribution in [3.8, 4) is 0 Å². The molecule has 1 fully saturated rings. The maximum absolute atomic E-state index is 11.4. The Bertz CT molecular complexity index is 470. The van der Waals surface area contributed by atoms with Gasteiger partial charge >= 0.3 is 5.97 Å². The Labute approximate surface area is 115 Å². The summed E-state index contributed by atoms with van der Waals surface area (Å²) in [5.74, 6) is -0.450. The average Bonchev–Trinajstić information content (AvgIpc) is 2.33. The summed E-state index contributed by atoms with van der Waals surface area (Å²) in [6, 6.07) is 6.07. The number of hydrogen-bond acceptors (Lipinski definition) is 2. The summed E-state index contributed by atoms with van der Waals surface area (Å²) in [4.78, 5) is 13.6. The highest BCUT2D eigenvalue weighted by molar-refractivity contribution is 5.74. The van der Waals surface area contributed by atoms with Crippen molar-refractivity contribution in [3.05, 3.63) is 34.9 Å². The third-order valence-electron chi connectivity index (χ3n) is 4.25. The van der Waals surface area contributed by atoms with E-state index in [4.69, 9.17) is 0 Å². The number of aryl methyl sites for hydroxylation is 2. The van der Waals surface area contributed by atoms with Gasteiger partial charge in [-0.25, -0.2) is 0 Å². The molecule has 1 N–H and O–H groups in total. The van der Waals surface area contributed by atoms with Crippen molar-refractivity contribution in [3.63, 3.8) is 0 Å². The molecule has 1 heterocycles. The fraction of sp³-hybridized carbons (Fsp3) is 0.562. The van der Waals surface area contributed by atoms with Crippen LogP contribution in [0.15, 0.2) is 18.2 Å². The summed E-state index contributed by atoms with van der Waals surface area (Å²) >= 11 is 0. The first kappa shape index (κ1) is 14.1. The summed E-state index contributed by atoms with van der Waals surface area (Å²) in [7, 11) is 0. The van der Waals surface area contributed by atoms with Crippen molar-refractivity contribution in [2.75, 3.05) is 6.54 Å². The third-order valence-corrected chi connectivity index (χ3v) is 4.25. The third kappa shape index (κ3) is 3.16. The Morgan fingerprint density at radius 2 is 2.11 bits per heavy atom. The standard InChI is InChI=1S/C16H23NO2/c1-11-6-7-14(9-13(11)3)10-17-8-4-5-12(2)15(17)16(18)19/h6-7,9,12,15H,4-5,8,10H2,1-3H3,(H,18,19). The smallest absolute Gasteiger partial charge is 0.321 e. The van der Waals surface area contributed by atoms with E-state index in [1.165, 1.54) is 16.7 Å². The van der Waals surface area contributed by atoms with Crippen LogP contribution in [-0.2, 0) is 11.3 Å². The van der Waals surface area contributed by atoms with E-state index in [1.807, 2.05) is 6.92 Å². The van der Waals surface area contributed by atoms with Crippen LogP contribution in [-0.4, -0.2) is 28.6 Å². The van der Waals surface area contributed by atoms with Crippen LogP contribution in [0.5, 0.6) is 0 Å². The molecule has 2 rings (SSSR count). The Kier molecular flexibility index (Phi) is 4.25. The molecule has 3 heteroatoms. The van der Waals surface area contributed by atoms with Gasteiger partial charge in [0.1, 0.15) is 6.04 Å². The quantitative estimate of drug-likeness (QED) is 0.909. The van der Waals surface area contributed by atoms with Crippen LogP contribution < -0.4 is 0 Å². The molecule has 0 radical (unpaired) electrons. The van der Waals surface area contributed by atoms with Crippen LogP contribution in [0.2, 0.25) is 0 Å². The van der Waals surface area contributed by atoms with Crippen molar-refractivity contribution in [2.45, 2.75) is 46.2 Å². The minimum Gasteiger partial charge on any atom is -0.480 e. The first-order valence-electron chi connectivity index (χ1n) is 7.02. The SMILES string of the molecule is Cc1ccc(CN2CCCC(C)C2C(=O)O)cc1C. The lowest BCUT2D eigenvalue weighted by Crippen LogP contribution is -2.48. The number of hydrogen-bond donors (Lipinski definition) is 1. The fourth-order valence-corrected chi connectivity index (χ4v) is 2.99. The minimum atomic E-state index is -0.684. The topological polar surface area (TPSA) is 40.5 Å². The highest BCUT2D eigenvalue weighted by Gasteiger charge is 2.33. The molecule has 1 aliphatic rings. The Hall–Kier alpha value is -1.35. The lowest BCUT2D eigenvalue weighted by Gasteiger charge is -2.37. The molecule has 0 aromatic heterocycles. The predicted molar refractivity (Wildman–Crippen MR) is 76.1 cm³/mol. The van der Waals surface area contributed by atoms with Crippen LogP contribution >= 0.6 is 0 Å². The average molecular weight is 261 g/mol. The molecule has 1 saturated heterocycles. The van der Waals surface area contributed by atoms with Crippen molar-refractivity contribution in [1.29, 1.82) is 0 Å². The van der Waals surface area contributed by atoms with E-state index >= 15 is 0 Å². The molecule has 2 unspecified atom stereocenters. The van der Waals surface area contributed by atoms with Gasteiger partial charge in [-0.2, -0.15) is 0 Å². The number of piperidine rings is 1. The van der Waals surface area contributed by atoms with Crippen LogP contribution in [0, 0.1) is 19.8 Å². The van der Waals surface area contributed by atoms with E-state index in [1.54, 1.807) is 0 Å². The molecule has 19 heavy (non-hydrogen) atoms. The van der Waals surface area contributed by atoms with Crippen LogP contribution in [0.4, 0.5) is 0 Å². The molecule has 0 bridgehead atoms. The van der Waals surface area contributed by atoms with Crippen LogP contribution in [0.25, 0.3) is 0 Å². The molecule has 0 spiro atoms. The maximum atomic E-state index is 11.4. The fourth-order valence-electron chi connectivity index (χ4n) is 2.99. The number of likely N-dealkylation sites (tertiary alicyclic amines) is 1. The molecule has 1 aliphatic heterocycles. The lowest BCUT2D eigenvalue weighted by atomic mass is 9.90. The number of benzene rings is 1. The number of carboxylic acids is 1. The zero-order valence-electron chi connectivity index (χ0n) is 12.0. The van der Waals surface area contributed by atoms with E-state index in [0.29, 0.717) is 0 Å². The Morgan fingerprint density at radius 3 is 2.74 bits per heavy atom. The lowest BCUT2D eigenvalue weighted by molar-refractivity contribution is -0.147. The van der Waals surface area contributed by atoms with Crippen LogP contribution in [0.1, 0.15) is 36.5 Å². The van der Waals surface area contributed by atoms with Gasteiger partial charge in [-0.05, 0) is 55.8 Å². The molecule has 1 aromatic rings. The first-order chi connectivity index (χ1) is 8.99. The number of carbonyl (C=O) groups is 1. The van der Waals surface area contributed by atoms with E-state index in [9.17, 15) is 9.90 Å². The highest BCUT2D eigenvalue weighted by Crippen LogP contribution is 2.25. The van der Waals surface area contributed by atoms with E-state index < -0.39 is 5.97 Å². The second kappa shape index (κ2) is 5.74. The summed E-state index contributed by atoms with van der Waals surface area (Å²) < 4.78 is 0. The maximum Gasteiger partial charge on any atom is 0.321 e. The van der Waals surface area contributed by atoms with Gasteiger partial charge in [0.15, 0.2) is 0 Å². The first-order valence-corrected chi connectivity index (χ1v) is 7.02. The van der Waals surface area contributed by atoms with Gasteiger partial charge in [0.05, 0.1) is 0 Å². The van der Waals surface area contributed by atoms with Gasteiger partial charge in [0.25, 0.3) is 0 Å². The monoisotopic (exact) mass is 261 g/mol. The van der Waals surface area contributed by atoms with Gasteiger partial charge in [-0.15, -0.1) is 0 Å².